The van der Waals surface area contributed by atoms with Gasteiger partial charge in [-0.2, -0.15) is 0 Å². The summed E-state index contributed by atoms with van der Waals surface area (Å²) in [5, 5.41) is 9.42. The standard InChI is InChI=1S/C36H71NO5/c1-4-7-10-13-16-20-26-34(25-19-15-11-8-5-2)42-36(40)27-21-17-14-18-22-29-37(31-32-38)30-24-28-35(39)41-33-23-12-9-6-3/h34,38H,4-33H2,1-3H3. The van der Waals surface area contributed by atoms with E-state index in [4.69, 9.17) is 9.47 Å². The molecule has 0 saturated heterocycles. The van der Waals surface area contributed by atoms with Gasteiger partial charge < -0.3 is 19.5 Å². The summed E-state index contributed by atoms with van der Waals surface area (Å²) in [6.45, 7) is 9.75. The van der Waals surface area contributed by atoms with Crippen molar-refractivity contribution >= 4 is 11.9 Å². The van der Waals surface area contributed by atoms with Crippen molar-refractivity contribution in [3.8, 4) is 0 Å². The molecule has 0 heterocycles. The molecule has 0 fully saturated rings. The van der Waals surface area contributed by atoms with Crippen molar-refractivity contribution in [2.24, 2.45) is 0 Å². The van der Waals surface area contributed by atoms with Crippen LogP contribution in [-0.4, -0.2) is 60.9 Å². The van der Waals surface area contributed by atoms with E-state index in [1.165, 1.54) is 83.5 Å². The van der Waals surface area contributed by atoms with Gasteiger partial charge in [-0.25, -0.2) is 0 Å². The Labute approximate surface area is 261 Å². The van der Waals surface area contributed by atoms with Crippen molar-refractivity contribution in [1.29, 1.82) is 0 Å². The Morgan fingerprint density at radius 1 is 0.548 bits per heavy atom. The van der Waals surface area contributed by atoms with Gasteiger partial charge in [0, 0.05) is 19.4 Å². The Morgan fingerprint density at radius 3 is 1.62 bits per heavy atom. The van der Waals surface area contributed by atoms with Gasteiger partial charge >= 0.3 is 11.9 Å². The number of carbonyl (C=O) groups is 2. The van der Waals surface area contributed by atoms with E-state index in [1.807, 2.05) is 0 Å². The van der Waals surface area contributed by atoms with Gasteiger partial charge in [-0.05, 0) is 64.5 Å². The Hall–Kier alpha value is -1.14. The van der Waals surface area contributed by atoms with Crippen molar-refractivity contribution in [2.45, 2.75) is 187 Å². The first kappa shape index (κ1) is 40.9. The predicted molar refractivity (Wildman–Crippen MR) is 177 cm³/mol. The molecular weight excluding hydrogens is 526 g/mol. The topological polar surface area (TPSA) is 76.1 Å². The lowest BCUT2D eigenvalue weighted by Gasteiger charge is -2.21. The molecule has 0 spiro atoms. The van der Waals surface area contributed by atoms with Gasteiger partial charge in [0.1, 0.15) is 6.10 Å². The SMILES string of the molecule is CCCCCCCCC(CCCCCCC)OC(=O)CCCCCCCN(CCO)CCCC(=O)OCCCCCC. The molecule has 0 amide bonds. The van der Waals surface area contributed by atoms with E-state index in [0.29, 0.717) is 26.0 Å². The van der Waals surface area contributed by atoms with Crippen LogP contribution in [0, 0.1) is 0 Å². The molecule has 0 aliphatic rings. The molecule has 0 aromatic rings. The molecule has 1 atom stereocenters. The lowest BCUT2D eigenvalue weighted by Crippen LogP contribution is -2.29. The van der Waals surface area contributed by atoms with E-state index >= 15 is 0 Å². The molecule has 0 bridgehead atoms. The maximum absolute atomic E-state index is 12.6. The lowest BCUT2D eigenvalue weighted by molar-refractivity contribution is -0.150. The summed E-state index contributed by atoms with van der Waals surface area (Å²) in [5.41, 5.74) is 0. The van der Waals surface area contributed by atoms with E-state index in [0.717, 1.165) is 77.3 Å². The molecule has 250 valence electrons. The Bertz CT molecular complexity index is 585. The maximum atomic E-state index is 12.6. The number of rotatable bonds is 33. The van der Waals surface area contributed by atoms with Gasteiger partial charge in [0.05, 0.1) is 13.2 Å². The molecule has 6 heteroatoms. The van der Waals surface area contributed by atoms with Crippen LogP contribution in [0.4, 0.5) is 0 Å². The summed E-state index contributed by atoms with van der Waals surface area (Å²) < 4.78 is 11.3. The zero-order valence-corrected chi connectivity index (χ0v) is 28.3. The zero-order chi connectivity index (χ0) is 30.9. The molecule has 0 aliphatic carbocycles. The second kappa shape index (κ2) is 32.8. The van der Waals surface area contributed by atoms with Crippen LogP contribution in [0.2, 0.25) is 0 Å². The average molecular weight is 598 g/mol. The van der Waals surface area contributed by atoms with Crippen LogP contribution in [0.25, 0.3) is 0 Å². The molecule has 0 aliphatic heterocycles. The van der Waals surface area contributed by atoms with Crippen LogP contribution in [0.5, 0.6) is 0 Å². The molecular formula is C36H71NO5. The van der Waals surface area contributed by atoms with Gasteiger partial charge in [-0.1, -0.05) is 117 Å². The molecule has 0 aromatic heterocycles. The number of ether oxygens (including phenoxy) is 2. The van der Waals surface area contributed by atoms with E-state index in [2.05, 4.69) is 25.7 Å². The highest BCUT2D eigenvalue weighted by molar-refractivity contribution is 5.69. The number of aliphatic hydroxyl groups excluding tert-OH is 1. The van der Waals surface area contributed by atoms with Crippen LogP contribution in [0.1, 0.15) is 181 Å². The van der Waals surface area contributed by atoms with Gasteiger partial charge in [-0.3, -0.25) is 9.59 Å². The molecule has 6 nitrogen and oxygen atoms in total. The van der Waals surface area contributed by atoms with E-state index in [9.17, 15) is 14.7 Å². The summed E-state index contributed by atoms with van der Waals surface area (Å²) in [6, 6.07) is 0. The monoisotopic (exact) mass is 598 g/mol. The third kappa shape index (κ3) is 29.0. The van der Waals surface area contributed by atoms with Crippen LogP contribution < -0.4 is 0 Å². The fourth-order valence-corrected chi connectivity index (χ4v) is 5.48. The minimum Gasteiger partial charge on any atom is -0.466 e. The zero-order valence-electron chi connectivity index (χ0n) is 28.3. The fraction of sp³-hybridized carbons (Fsp3) is 0.944. The summed E-state index contributed by atoms with van der Waals surface area (Å²) in [5.74, 6) is -0.108. The molecule has 0 rings (SSSR count). The maximum Gasteiger partial charge on any atom is 0.306 e. The second-order valence-electron chi connectivity index (χ2n) is 12.3. The Kier molecular flexibility index (Phi) is 31.9. The first-order valence-electron chi connectivity index (χ1n) is 18.3. The summed E-state index contributed by atoms with van der Waals surface area (Å²) in [7, 11) is 0. The second-order valence-corrected chi connectivity index (χ2v) is 12.3. The van der Waals surface area contributed by atoms with Crippen molar-refractivity contribution in [3.05, 3.63) is 0 Å². The van der Waals surface area contributed by atoms with Crippen molar-refractivity contribution in [1.82, 2.24) is 4.90 Å². The minimum absolute atomic E-state index is 0.00634. The predicted octanol–water partition coefficient (Wildman–Crippen LogP) is 9.55. The van der Waals surface area contributed by atoms with E-state index < -0.39 is 0 Å². The van der Waals surface area contributed by atoms with Crippen LogP contribution in [-0.2, 0) is 19.1 Å². The quantitative estimate of drug-likeness (QED) is 0.0600. The van der Waals surface area contributed by atoms with Gasteiger partial charge in [0.25, 0.3) is 0 Å². The number of carbonyl (C=O) groups excluding carboxylic acids is 2. The highest BCUT2D eigenvalue weighted by Gasteiger charge is 2.14. The lowest BCUT2D eigenvalue weighted by atomic mass is 10.0. The molecule has 0 saturated carbocycles. The van der Waals surface area contributed by atoms with Gasteiger partial charge in [0.15, 0.2) is 0 Å². The fourth-order valence-electron chi connectivity index (χ4n) is 5.48. The van der Waals surface area contributed by atoms with Gasteiger partial charge in [-0.15, -0.1) is 0 Å². The van der Waals surface area contributed by atoms with Crippen LogP contribution in [0.3, 0.4) is 0 Å². The van der Waals surface area contributed by atoms with Crippen molar-refractivity contribution in [3.63, 3.8) is 0 Å². The normalized spacial score (nSPS) is 12.1. The third-order valence-electron chi connectivity index (χ3n) is 8.20. The number of nitrogens with zero attached hydrogens (tertiary/aromatic N) is 1. The van der Waals surface area contributed by atoms with Crippen molar-refractivity contribution in [2.75, 3.05) is 32.8 Å². The minimum atomic E-state index is -0.102. The summed E-state index contributed by atoms with van der Waals surface area (Å²) >= 11 is 0. The molecule has 1 unspecified atom stereocenters. The van der Waals surface area contributed by atoms with E-state index in [-0.39, 0.29) is 24.6 Å². The average Bonchev–Trinajstić information content (AvgIpc) is 2.98. The number of esters is 2. The molecule has 0 radical (unpaired) electrons. The highest BCUT2D eigenvalue weighted by Crippen LogP contribution is 2.18. The summed E-state index contributed by atoms with van der Waals surface area (Å²) in [6.07, 6.45) is 27.6. The first-order valence-corrected chi connectivity index (χ1v) is 18.3. The van der Waals surface area contributed by atoms with Crippen LogP contribution in [0.15, 0.2) is 0 Å². The Morgan fingerprint density at radius 2 is 1.02 bits per heavy atom. The molecule has 42 heavy (non-hydrogen) atoms. The van der Waals surface area contributed by atoms with Gasteiger partial charge in [0.2, 0.25) is 0 Å². The highest BCUT2D eigenvalue weighted by atomic mass is 16.5. The van der Waals surface area contributed by atoms with Crippen molar-refractivity contribution < 1.29 is 24.2 Å². The number of aliphatic hydroxyl groups is 1. The number of hydrogen-bond donors (Lipinski definition) is 1. The van der Waals surface area contributed by atoms with Crippen LogP contribution >= 0.6 is 0 Å². The molecule has 0 aromatic carbocycles. The summed E-state index contributed by atoms with van der Waals surface area (Å²) in [4.78, 5) is 26.8. The third-order valence-corrected chi connectivity index (χ3v) is 8.20. The largest absolute Gasteiger partial charge is 0.466 e. The first-order chi connectivity index (χ1) is 20.6. The smallest absolute Gasteiger partial charge is 0.306 e. The number of unbranched alkanes of at least 4 members (excludes halogenated alkanes) is 16. The molecule has 1 N–H and O–H groups in total. The Balaban J connectivity index is 4.05. The van der Waals surface area contributed by atoms with E-state index in [1.54, 1.807) is 0 Å². The number of hydrogen-bond acceptors (Lipinski definition) is 6.